The summed E-state index contributed by atoms with van der Waals surface area (Å²) in [5.41, 5.74) is 0. The fraction of sp³-hybridized carbons (Fsp3) is 1.00. The number of hydrogen-bond donors (Lipinski definition) is 1. The van der Waals surface area contributed by atoms with Gasteiger partial charge in [-0.25, -0.2) is 0 Å². The molecule has 0 bridgehead atoms. The second kappa shape index (κ2) is 2.67. The fourth-order valence-corrected chi connectivity index (χ4v) is 1.38. The molecule has 0 spiro atoms. The van der Waals surface area contributed by atoms with Gasteiger partial charge in [-0.2, -0.15) is 0 Å². The molecule has 0 unspecified atom stereocenters. The topological polar surface area (TPSA) is 16.6 Å². The molecule has 54 valence electrons. The first kappa shape index (κ1) is 7.03. The van der Waals surface area contributed by atoms with E-state index in [1.54, 1.807) is 0 Å². The molecular formula is C7H18N2+2. The van der Waals surface area contributed by atoms with E-state index >= 15 is 0 Å². The molecule has 0 aromatic heterocycles. The zero-order valence-corrected chi connectivity index (χ0v) is 6.56. The number of nitrogens with zero attached hydrogens (tertiary/aromatic N) is 1. The van der Waals surface area contributed by atoms with Crippen molar-refractivity contribution in [2.24, 2.45) is 0 Å². The molecule has 1 rings (SSSR count). The van der Waals surface area contributed by atoms with Gasteiger partial charge in [-0.3, -0.25) is 0 Å². The molecular weight excluding hydrogens is 112 g/mol. The van der Waals surface area contributed by atoms with E-state index in [0.29, 0.717) is 0 Å². The smallest absolute Gasteiger partial charge is 0.128 e. The van der Waals surface area contributed by atoms with Crippen LogP contribution < -0.4 is 5.32 Å². The van der Waals surface area contributed by atoms with Crippen molar-refractivity contribution in [3.63, 3.8) is 0 Å². The van der Waals surface area contributed by atoms with E-state index in [2.05, 4.69) is 19.3 Å². The van der Waals surface area contributed by atoms with Gasteiger partial charge in [0.15, 0.2) is 0 Å². The van der Waals surface area contributed by atoms with Crippen LogP contribution in [0.25, 0.3) is 0 Å². The third-order valence-electron chi connectivity index (χ3n) is 2.51. The fourth-order valence-electron chi connectivity index (χ4n) is 1.38. The maximum absolute atomic E-state index is 2.41. The highest BCUT2D eigenvalue weighted by atomic mass is 15.4. The Bertz CT molecular complexity index is 84.9. The van der Waals surface area contributed by atoms with E-state index in [1.807, 2.05) is 0 Å². The molecule has 9 heavy (non-hydrogen) atoms. The number of piperazine rings is 1. The Morgan fingerprint density at radius 3 is 2.22 bits per heavy atom. The summed E-state index contributed by atoms with van der Waals surface area (Å²) in [5.74, 6) is 0. The lowest BCUT2D eigenvalue weighted by atomic mass is 10.3. The second-order valence-electron chi connectivity index (χ2n) is 3.25. The normalized spacial score (nSPS) is 26.0. The highest BCUT2D eigenvalue weighted by Crippen LogP contribution is 1.99. The molecule has 0 aromatic carbocycles. The molecule has 2 heteroatoms. The highest BCUT2D eigenvalue weighted by molar-refractivity contribution is 4.38. The number of quaternary nitrogens is 2. The lowest BCUT2D eigenvalue weighted by Crippen LogP contribution is -2.91. The van der Waals surface area contributed by atoms with Gasteiger partial charge < -0.3 is 9.80 Å². The summed E-state index contributed by atoms with van der Waals surface area (Å²) >= 11 is 0. The van der Waals surface area contributed by atoms with Gasteiger partial charge in [-0.1, -0.05) is 0 Å². The monoisotopic (exact) mass is 130 g/mol. The molecule has 0 radical (unpaired) electrons. The van der Waals surface area contributed by atoms with E-state index in [-0.39, 0.29) is 0 Å². The van der Waals surface area contributed by atoms with Crippen LogP contribution in [0.1, 0.15) is 6.92 Å². The maximum atomic E-state index is 2.41. The summed E-state index contributed by atoms with van der Waals surface area (Å²) in [5, 5.41) is 2.41. The molecule has 1 aliphatic rings. The third kappa shape index (κ3) is 1.66. The zero-order chi connectivity index (χ0) is 6.74. The number of nitrogens with two attached hydrogens (primary N) is 1. The van der Waals surface area contributed by atoms with Gasteiger partial charge in [0, 0.05) is 0 Å². The molecule has 2 nitrogen and oxygen atoms in total. The van der Waals surface area contributed by atoms with Gasteiger partial charge in [-0.05, 0) is 6.92 Å². The summed E-state index contributed by atoms with van der Waals surface area (Å²) in [6.07, 6.45) is 0. The van der Waals surface area contributed by atoms with Crippen LogP contribution in [0.5, 0.6) is 0 Å². The van der Waals surface area contributed by atoms with Crippen LogP contribution in [-0.4, -0.2) is 44.3 Å². The predicted octanol–water partition coefficient (Wildman–Crippen LogP) is -0.970. The van der Waals surface area contributed by atoms with Gasteiger partial charge in [0.25, 0.3) is 0 Å². The molecule has 2 N–H and O–H groups in total. The Hall–Kier alpha value is -0.0800. The van der Waals surface area contributed by atoms with Crippen LogP contribution in [0.2, 0.25) is 0 Å². The molecule has 1 heterocycles. The van der Waals surface area contributed by atoms with Crippen molar-refractivity contribution in [2.75, 3.05) is 39.8 Å². The number of rotatable bonds is 1. The van der Waals surface area contributed by atoms with Gasteiger partial charge in [-0.15, -0.1) is 0 Å². The molecule has 1 aliphatic heterocycles. The SMILES string of the molecule is CC[N+]1(C)CC[NH2+]CC1. The van der Waals surface area contributed by atoms with E-state index < -0.39 is 0 Å². The molecule has 0 saturated carbocycles. The van der Waals surface area contributed by atoms with Crippen LogP contribution in [0, 0.1) is 0 Å². The second-order valence-corrected chi connectivity index (χ2v) is 3.25. The van der Waals surface area contributed by atoms with Gasteiger partial charge in [0.1, 0.15) is 26.2 Å². The van der Waals surface area contributed by atoms with Gasteiger partial charge in [0.05, 0.1) is 13.6 Å². The van der Waals surface area contributed by atoms with Crippen molar-refractivity contribution in [1.29, 1.82) is 0 Å². The summed E-state index contributed by atoms with van der Waals surface area (Å²) in [7, 11) is 2.35. The first-order chi connectivity index (χ1) is 4.27. The molecule has 0 atom stereocenters. The number of hydrogen-bond acceptors (Lipinski definition) is 0. The Kier molecular flexibility index (Phi) is 2.09. The standard InChI is InChI=1S/C7H17N2/c1-3-9(2)6-4-8-5-7-9/h8H,3-7H2,1-2H3/q+1/p+1. The lowest BCUT2D eigenvalue weighted by molar-refractivity contribution is -0.951. The van der Waals surface area contributed by atoms with E-state index in [0.717, 1.165) is 0 Å². The van der Waals surface area contributed by atoms with Crippen LogP contribution in [0.15, 0.2) is 0 Å². The largest absolute Gasteiger partial charge is 0.337 e. The van der Waals surface area contributed by atoms with Crippen molar-refractivity contribution in [3.05, 3.63) is 0 Å². The Morgan fingerprint density at radius 2 is 1.89 bits per heavy atom. The zero-order valence-electron chi connectivity index (χ0n) is 6.56. The summed E-state index contributed by atoms with van der Waals surface area (Å²) in [6, 6.07) is 0. The lowest BCUT2D eigenvalue weighted by Gasteiger charge is -2.34. The van der Waals surface area contributed by atoms with Crippen LogP contribution in [-0.2, 0) is 0 Å². The van der Waals surface area contributed by atoms with Crippen molar-refractivity contribution in [3.8, 4) is 0 Å². The van der Waals surface area contributed by atoms with Gasteiger partial charge in [0.2, 0.25) is 0 Å². The minimum absolute atomic E-state index is 1.29. The Labute approximate surface area is 57.4 Å². The van der Waals surface area contributed by atoms with Crippen molar-refractivity contribution >= 4 is 0 Å². The average molecular weight is 130 g/mol. The minimum atomic E-state index is 1.29. The summed E-state index contributed by atoms with van der Waals surface area (Å²) in [4.78, 5) is 0. The quantitative estimate of drug-likeness (QED) is 0.440. The predicted molar refractivity (Wildman–Crippen MR) is 38.1 cm³/mol. The molecule has 1 fully saturated rings. The first-order valence-electron chi connectivity index (χ1n) is 3.92. The minimum Gasteiger partial charge on any atom is -0.337 e. The number of likely N-dealkylation sites (N-methyl/N-ethyl adjacent to an activating group) is 1. The summed E-state index contributed by atoms with van der Waals surface area (Å²) < 4.78 is 1.29. The van der Waals surface area contributed by atoms with Crippen molar-refractivity contribution in [1.82, 2.24) is 0 Å². The van der Waals surface area contributed by atoms with Crippen molar-refractivity contribution < 1.29 is 9.80 Å². The van der Waals surface area contributed by atoms with Crippen LogP contribution in [0.4, 0.5) is 0 Å². The maximum Gasteiger partial charge on any atom is 0.128 e. The third-order valence-corrected chi connectivity index (χ3v) is 2.51. The molecule has 0 amide bonds. The van der Waals surface area contributed by atoms with Crippen molar-refractivity contribution in [2.45, 2.75) is 6.92 Å². The van der Waals surface area contributed by atoms with E-state index in [4.69, 9.17) is 0 Å². The Balaban J connectivity index is 2.37. The van der Waals surface area contributed by atoms with Crippen LogP contribution in [0.3, 0.4) is 0 Å². The molecule has 1 saturated heterocycles. The average Bonchev–Trinajstić information content (AvgIpc) is 1.90. The molecule has 0 aliphatic carbocycles. The highest BCUT2D eigenvalue weighted by Gasteiger charge is 2.23. The summed E-state index contributed by atoms with van der Waals surface area (Å²) in [6.45, 7) is 8.95. The van der Waals surface area contributed by atoms with Gasteiger partial charge >= 0.3 is 0 Å². The Morgan fingerprint density at radius 1 is 1.33 bits per heavy atom. The van der Waals surface area contributed by atoms with E-state index in [9.17, 15) is 0 Å². The van der Waals surface area contributed by atoms with E-state index in [1.165, 1.54) is 37.2 Å². The first-order valence-corrected chi connectivity index (χ1v) is 3.92. The molecule has 0 aromatic rings. The van der Waals surface area contributed by atoms with Crippen LogP contribution >= 0.6 is 0 Å².